The summed E-state index contributed by atoms with van der Waals surface area (Å²) in [6.07, 6.45) is 4.22. The van der Waals surface area contributed by atoms with E-state index < -0.39 is 5.54 Å². The highest BCUT2D eigenvalue weighted by atomic mass is 16.5. The number of ether oxygens (including phenoxy) is 2. The van der Waals surface area contributed by atoms with Crippen molar-refractivity contribution in [3.8, 4) is 11.5 Å². The predicted molar refractivity (Wildman–Crippen MR) is 132 cm³/mol. The number of amides is 2. The highest BCUT2D eigenvalue weighted by molar-refractivity contribution is 5.89. The molecule has 7 nitrogen and oxygen atoms in total. The van der Waals surface area contributed by atoms with Gasteiger partial charge >= 0.3 is 6.03 Å². The van der Waals surface area contributed by atoms with Crippen LogP contribution in [0.1, 0.15) is 37.5 Å². The molecule has 33 heavy (non-hydrogen) atoms. The van der Waals surface area contributed by atoms with E-state index in [1.165, 1.54) is 0 Å². The number of anilines is 1. The number of aromatic nitrogens is 2. The molecule has 2 amide bonds. The van der Waals surface area contributed by atoms with Gasteiger partial charge in [0.2, 0.25) is 0 Å². The minimum atomic E-state index is -0.557. The molecule has 7 heteroatoms. The Kier molecular flexibility index (Phi) is 7.43. The largest absolute Gasteiger partial charge is 0.493 e. The summed E-state index contributed by atoms with van der Waals surface area (Å²) in [5, 5.41) is 10.3. The predicted octanol–water partition coefficient (Wildman–Crippen LogP) is 5.23. The molecule has 0 aliphatic rings. The molecule has 0 spiro atoms. The molecule has 1 heterocycles. The number of methoxy groups -OCH3 is 2. The van der Waals surface area contributed by atoms with Crippen molar-refractivity contribution < 1.29 is 14.3 Å². The van der Waals surface area contributed by atoms with Crippen molar-refractivity contribution in [2.75, 3.05) is 19.5 Å². The van der Waals surface area contributed by atoms with Gasteiger partial charge in [-0.3, -0.25) is 4.68 Å². The van der Waals surface area contributed by atoms with E-state index in [1.807, 2.05) is 63.4 Å². The first-order chi connectivity index (χ1) is 15.7. The number of benzene rings is 2. The van der Waals surface area contributed by atoms with Gasteiger partial charge in [-0.1, -0.05) is 36.4 Å². The second-order valence-corrected chi connectivity index (χ2v) is 8.50. The standard InChI is InChI=1S/C26H32N4O3/c1-18(2)20-8-7-9-21(15-20)26(3,4)29-25(31)28-22-16-27-30(17-22)13-12-19-10-11-23(32-5)24(14-19)33-6/h7-11,14-17H,1,12-13H2,2-6H3,(H2,28,29,31). The third-order valence-electron chi connectivity index (χ3n) is 5.47. The summed E-state index contributed by atoms with van der Waals surface area (Å²) in [5.74, 6) is 1.40. The second-order valence-electron chi connectivity index (χ2n) is 8.50. The number of nitrogens with one attached hydrogen (secondary N) is 2. The zero-order valence-corrected chi connectivity index (χ0v) is 19.9. The monoisotopic (exact) mass is 448 g/mol. The summed E-state index contributed by atoms with van der Waals surface area (Å²) in [7, 11) is 3.24. The highest BCUT2D eigenvalue weighted by Crippen LogP contribution is 2.28. The Balaban J connectivity index is 1.58. The number of aryl methyl sites for hydroxylation is 2. The molecule has 0 atom stereocenters. The van der Waals surface area contributed by atoms with E-state index in [2.05, 4.69) is 28.4 Å². The van der Waals surface area contributed by atoms with Gasteiger partial charge in [0.15, 0.2) is 11.5 Å². The van der Waals surface area contributed by atoms with Crippen LogP contribution in [0.4, 0.5) is 10.5 Å². The zero-order chi connectivity index (χ0) is 24.0. The van der Waals surface area contributed by atoms with Crippen molar-refractivity contribution in [1.82, 2.24) is 15.1 Å². The smallest absolute Gasteiger partial charge is 0.320 e. The van der Waals surface area contributed by atoms with Gasteiger partial charge in [0.05, 0.1) is 31.6 Å². The Hall–Kier alpha value is -3.74. The van der Waals surface area contributed by atoms with Gasteiger partial charge in [-0.25, -0.2) is 4.79 Å². The molecule has 3 rings (SSSR count). The van der Waals surface area contributed by atoms with Gasteiger partial charge in [-0.05, 0) is 62.1 Å². The Bertz CT molecular complexity index is 1130. The van der Waals surface area contributed by atoms with Gasteiger partial charge < -0.3 is 20.1 Å². The normalized spacial score (nSPS) is 11.1. The summed E-state index contributed by atoms with van der Waals surface area (Å²) in [5.41, 5.74) is 4.22. The second kappa shape index (κ2) is 10.3. The van der Waals surface area contributed by atoms with Gasteiger partial charge in [0.1, 0.15) is 0 Å². The fraction of sp³-hybridized carbons (Fsp3) is 0.308. The van der Waals surface area contributed by atoms with Crippen LogP contribution in [0.2, 0.25) is 0 Å². The van der Waals surface area contributed by atoms with Crippen molar-refractivity contribution in [2.45, 2.75) is 39.3 Å². The molecule has 0 unspecified atom stereocenters. The molecule has 0 fully saturated rings. The van der Waals surface area contributed by atoms with E-state index in [1.54, 1.807) is 25.1 Å². The highest BCUT2D eigenvalue weighted by Gasteiger charge is 2.23. The fourth-order valence-corrected chi connectivity index (χ4v) is 3.52. The number of allylic oxidation sites excluding steroid dienone is 1. The van der Waals surface area contributed by atoms with E-state index >= 15 is 0 Å². The van der Waals surface area contributed by atoms with Crippen molar-refractivity contribution >= 4 is 17.3 Å². The molecular formula is C26H32N4O3. The molecular weight excluding hydrogens is 416 g/mol. The molecule has 2 N–H and O–H groups in total. The van der Waals surface area contributed by atoms with Crippen LogP contribution < -0.4 is 20.1 Å². The zero-order valence-electron chi connectivity index (χ0n) is 19.9. The van der Waals surface area contributed by atoms with Gasteiger partial charge in [-0.2, -0.15) is 5.10 Å². The molecule has 0 aliphatic carbocycles. The van der Waals surface area contributed by atoms with Gasteiger partial charge in [0.25, 0.3) is 0 Å². The van der Waals surface area contributed by atoms with Crippen molar-refractivity contribution in [1.29, 1.82) is 0 Å². The Labute approximate surface area is 195 Å². The molecule has 1 aromatic heterocycles. The lowest BCUT2D eigenvalue weighted by molar-refractivity contribution is 0.242. The Morgan fingerprint density at radius 2 is 1.88 bits per heavy atom. The van der Waals surface area contributed by atoms with E-state index in [-0.39, 0.29) is 6.03 Å². The maximum absolute atomic E-state index is 12.6. The van der Waals surface area contributed by atoms with Crippen LogP contribution >= 0.6 is 0 Å². The number of hydrogen-bond donors (Lipinski definition) is 2. The summed E-state index contributed by atoms with van der Waals surface area (Å²) in [4.78, 5) is 12.6. The molecule has 0 radical (unpaired) electrons. The first-order valence-corrected chi connectivity index (χ1v) is 10.8. The van der Waals surface area contributed by atoms with Gasteiger partial charge in [0, 0.05) is 12.7 Å². The number of nitrogens with zero attached hydrogens (tertiary/aromatic N) is 2. The number of urea groups is 1. The van der Waals surface area contributed by atoms with Crippen molar-refractivity contribution in [2.24, 2.45) is 0 Å². The van der Waals surface area contributed by atoms with E-state index in [0.717, 1.165) is 28.7 Å². The molecule has 3 aromatic rings. The maximum Gasteiger partial charge on any atom is 0.320 e. The average Bonchev–Trinajstić information content (AvgIpc) is 3.24. The molecule has 0 aliphatic heterocycles. The third kappa shape index (κ3) is 6.16. The summed E-state index contributed by atoms with van der Waals surface area (Å²) < 4.78 is 12.4. The molecule has 0 saturated carbocycles. The minimum Gasteiger partial charge on any atom is -0.493 e. The van der Waals surface area contributed by atoms with Crippen LogP contribution in [-0.4, -0.2) is 30.0 Å². The first-order valence-electron chi connectivity index (χ1n) is 10.8. The van der Waals surface area contributed by atoms with Gasteiger partial charge in [-0.15, -0.1) is 0 Å². The van der Waals surface area contributed by atoms with Crippen LogP contribution in [-0.2, 0) is 18.5 Å². The van der Waals surface area contributed by atoms with E-state index in [9.17, 15) is 4.79 Å². The summed E-state index contributed by atoms with van der Waals surface area (Å²) in [6.45, 7) is 10.6. The Morgan fingerprint density at radius 3 is 2.58 bits per heavy atom. The lowest BCUT2D eigenvalue weighted by Gasteiger charge is -2.27. The van der Waals surface area contributed by atoms with Crippen LogP contribution in [0.25, 0.3) is 5.57 Å². The maximum atomic E-state index is 12.6. The fourth-order valence-electron chi connectivity index (χ4n) is 3.52. The molecule has 0 bridgehead atoms. The first kappa shape index (κ1) is 23.9. The van der Waals surface area contributed by atoms with E-state index in [4.69, 9.17) is 9.47 Å². The molecule has 2 aromatic carbocycles. The lowest BCUT2D eigenvalue weighted by Crippen LogP contribution is -2.43. The number of carbonyl (C=O) groups is 1. The van der Waals surface area contributed by atoms with Crippen LogP contribution in [0.15, 0.2) is 61.4 Å². The molecule has 0 saturated heterocycles. The van der Waals surface area contributed by atoms with E-state index in [0.29, 0.717) is 23.7 Å². The number of hydrogen-bond acceptors (Lipinski definition) is 4. The SMILES string of the molecule is C=C(C)c1cccc(C(C)(C)NC(=O)Nc2cnn(CCc3ccc(OC)c(OC)c3)c2)c1. The minimum absolute atomic E-state index is 0.292. The van der Waals surface area contributed by atoms with Crippen LogP contribution in [0, 0.1) is 0 Å². The third-order valence-corrected chi connectivity index (χ3v) is 5.47. The topological polar surface area (TPSA) is 77.4 Å². The number of rotatable bonds is 9. The van der Waals surface area contributed by atoms with Crippen molar-refractivity contribution in [3.05, 3.63) is 78.1 Å². The Morgan fingerprint density at radius 1 is 1.12 bits per heavy atom. The number of carbonyl (C=O) groups excluding carboxylic acids is 1. The lowest BCUT2D eigenvalue weighted by atomic mass is 9.92. The average molecular weight is 449 g/mol. The quantitative estimate of drug-likeness (QED) is 0.470. The van der Waals surface area contributed by atoms with Crippen LogP contribution in [0.3, 0.4) is 0 Å². The summed E-state index contributed by atoms with van der Waals surface area (Å²) in [6, 6.07) is 13.6. The van der Waals surface area contributed by atoms with Crippen molar-refractivity contribution in [3.63, 3.8) is 0 Å². The molecule has 174 valence electrons. The summed E-state index contributed by atoms with van der Waals surface area (Å²) >= 11 is 0. The van der Waals surface area contributed by atoms with Crippen LogP contribution in [0.5, 0.6) is 11.5 Å².